The summed E-state index contributed by atoms with van der Waals surface area (Å²) in [7, 11) is 0. The van der Waals surface area contributed by atoms with Crippen molar-refractivity contribution in [3.8, 4) is 0 Å². The van der Waals surface area contributed by atoms with Gasteiger partial charge in [-0.1, -0.05) is 13.8 Å². The van der Waals surface area contributed by atoms with E-state index in [9.17, 15) is 0 Å². The Balaban J connectivity index is 1.94. The highest BCUT2D eigenvalue weighted by molar-refractivity contribution is 5.27. The molecule has 0 aliphatic carbocycles. The van der Waals surface area contributed by atoms with Gasteiger partial charge in [0.15, 0.2) is 0 Å². The first kappa shape index (κ1) is 12.4. The molecule has 1 aliphatic rings. The van der Waals surface area contributed by atoms with Gasteiger partial charge < -0.3 is 14.6 Å². The first-order valence-electron chi connectivity index (χ1n) is 6.69. The Morgan fingerprint density at radius 2 is 2.35 bits per heavy atom. The number of aromatic nitrogens is 1. The Bertz CT molecular complexity index is 337. The zero-order valence-electron chi connectivity index (χ0n) is 10.9. The van der Waals surface area contributed by atoms with E-state index in [2.05, 4.69) is 29.0 Å². The molecule has 1 fully saturated rings. The maximum atomic E-state index is 5.57. The van der Waals surface area contributed by atoms with E-state index in [-0.39, 0.29) is 0 Å². The molecule has 2 heterocycles. The fourth-order valence-corrected chi connectivity index (χ4v) is 2.23. The Kier molecular flexibility index (Phi) is 4.42. The van der Waals surface area contributed by atoms with E-state index in [1.807, 2.05) is 0 Å². The molecular weight excluding hydrogens is 214 g/mol. The molecule has 0 bridgehead atoms. The Morgan fingerprint density at radius 1 is 1.47 bits per heavy atom. The van der Waals surface area contributed by atoms with Crippen LogP contribution in [0.1, 0.15) is 38.8 Å². The third-order valence-electron chi connectivity index (χ3n) is 3.38. The number of anilines is 1. The summed E-state index contributed by atoms with van der Waals surface area (Å²) in [6.45, 7) is 8.33. The lowest BCUT2D eigenvalue weighted by Crippen LogP contribution is -2.24. The molecule has 1 atom stereocenters. The molecule has 0 saturated carbocycles. The summed E-state index contributed by atoms with van der Waals surface area (Å²) in [6.07, 6.45) is 5.57. The Morgan fingerprint density at radius 3 is 3.18 bits per heavy atom. The summed E-state index contributed by atoms with van der Waals surface area (Å²) in [6, 6.07) is 0.798. The standard InChI is InChI=1S/C13H23N3O/c1-3-14-9-12-10-17-13(15-12)16-7-4-5-11(2)6-8-16/h10-11,14H,3-9H2,1-2H3. The van der Waals surface area contributed by atoms with Crippen LogP contribution in [0.15, 0.2) is 10.7 Å². The van der Waals surface area contributed by atoms with E-state index < -0.39 is 0 Å². The third kappa shape index (κ3) is 3.46. The van der Waals surface area contributed by atoms with Gasteiger partial charge in [0.1, 0.15) is 6.26 Å². The Labute approximate surface area is 103 Å². The summed E-state index contributed by atoms with van der Waals surface area (Å²) >= 11 is 0. The second-order valence-electron chi connectivity index (χ2n) is 4.92. The van der Waals surface area contributed by atoms with Crippen LogP contribution in [0.4, 0.5) is 6.01 Å². The molecule has 0 aromatic carbocycles. The summed E-state index contributed by atoms with van der Waals surface area (Å²) in [4.78, 5) is 6.81. The molecule has 0 amide bonds. The zero-order chi connectivity index (χ0) is 12.1. The average Bonchev–Trinajstić information content (AvgIpc) is 2.69. The molecule has 0 radical (unpaired) electrons. The molecule has 1 aromatic rings. The van der Waals surface area contributed by atoms with Crippen molar-refractivity contribution in [2.45, 2.75) is 39.7 Å². The van der Waals surface area contributed by atoms with E-state index in [1.165, 1.54) is 19.3 Å². The van der Waals surface area contributed by atoms with E-state index in [1.54, 1.807) is 6.26 Å². The topological polar surface area (TPSA) is 41.3 Å². The quantitative estimate of drug-likeness (QED) is 0.873. The molecule has 17 heavy (non-hydrogen) atoms. The van der Waals surface area contributed by atoms with Gasteiger partial charge in [-0.15, -0.1) is 0 Å². The number of hydrogen-bond donors (Lipinski definition) is 1. The summed E-state index contributed by atoms with van der Waals surface area (Å²) in [5.74, 6) is 0.830. The fraction of sp³-hybridized carbons (Fsp3) is 0.769. The van der Waals surface area contributed by atoms with Crippen LogP contribution in [0.25, 0.3) is 0 Å². The molecule has 4 heteroatoms. The van der Waals surface area contributed by atoms with Crippen LogP contribution >= 0.6 is 0 Å². The lowest BCUT2D eigenvalue weighted by Gasteiger charge is -2.17. The zero-order valence-corrected chi connectivity index (χ0v) is 10.9. The van der Waals surface area contributed by atoms with Gasteiger partial charge in [0, 0.05) is 19.6 Å². The van der Waals surface area contributed by atoms with Crippen LogP contribution < -0.4 is 10.2 Å². The first-order chi connectivity index (χ1) is 8.29. The van der Waals surface area contributed by atoms with Crippen LogP contribution in [-0.4, -0.2) is 24.6 Å². The van der Waals surface area contributed by atoms with Gasteiger partial charge >= 0.3 is 0 Å². The smallest absolute Gasteiger partial charge is 0.297 e. The van der Waals surface area contributed by atoms with Crippen molar-refractivity contribution in [2.24, 2.45) is 5.92 Å². The maximum absolute atomic E-state index is 5.57. The first-order valence-corrected chi connectivity index (χ1v) is 6.69. The Hall–Kier alpha value is -1.03. The molecular formula is C13H23N3O. The SMILES string of the molecule is CCNCc1coc(N2CCCC(C)CC2)n1. The fourth-order valence-electron chi connectivity index (χ4n) is 2.23. The second-order valence-corrected chi connectivity index (χ2v) is 4.92. The minimum Gasteiger partial charge on any atom is -0.432 e. The molecule has 4 nitrogen and oxygen atoms in total. The summed E-state index contributed by atoms with van der Waals surface area (Å²) < 4.78 is 5.57. The van der Waals surface area contributed by atoms with Gasteiger partial charge in [-0.05, 0) is 31.7 Å². The summed E-state index contributed by atoms with van der Waals surface area (Å²) in [5.41, 5.74) is 0.999. The summed E-state index contributed by atoms with van der Waals surface area (Å²) in [5, 5.41) is 3.26. The van der Waals surface area contributed by atoms with Gasteiger partial charge in [-0.3, -0.25) is 0 Å². The van der Waals surface area contributed by atoms with Crippen molar-refractivity contribution in [1.29, 1.82) is 0 Å². The van der Waals surface area contributed by atoms with Crippen LogP contribution in [-0.2, 0) is 6.54 Å². The average molecular weight is 237 g/mol. The monoisotopic (exact) mass is 237 g/mol. The predicted octanol–water partition coefficient (Wildman–Crippen LogP) is 2.41. The van der Waals surface area contributed by atoms with Crippen molar-refractivity contribution in [1.82, 2.24) is 10.3 Å². The molecule has 1 saturated heterocycles. The second kappa shape index (κ2) is 6.05. The number of rotatable bonds is 4. The van der Waals surface area contributed by atoms with Crippen molar-refractivity contribution >= 4 is 6.01 Å². The van der Waals surface area contributed by atoms with Crippen LogP contribution in [0.2, 0.25) is 0 Å². The van der Waals surface area contributed by atoms with Gasteiger partial charge in [0.25, 0.3) is 6.01 Å². The van der Waals surface area contributed by atoms with E-state index in [4.69, 9.17) is 4.42 Å². The lowest BCUT2D eigenvalue weighted by atomic mass is 10.0. The maximum Gasteiger partial charge on any atom is 0.297 e. The lowest BCUT2D eigenvalue weighted by molar-refractivity contribution is 0.513. The van der Waals surface area contributed by atoms with Crippen molar-refractivity contribution in [2.75, 3.05) is 24.5 Å². The normalized spacial score (nSPS) is 21.5. The van der Waals surface area contributed by atoms with E-state index in [0.29, 0.717) is 0 Å². The van der Waals surface area contributed by atoms with Crippen molar-refractivity contribution in [3.05, 3.63) is 12.0 Å². The third-order valence-corrected chi connectivity index (χ3v) is 3.38. The molecule has 1 aromatic heterocycles. The minimum absolute atomic E-state index is 0.796. The number of nitrogens with one attached hydrogen (secondary N) is 1. The molecule has 1 unspecified atom stereocenters. The van der Waals surface area contributed by atoms with E-state index >= 15 is 0 Å². The van der Waals surface area contributed by atoms with Gasteiger partial charge in [0.2, 0.25) is 0 Å². The van der Waals surface area contributed by atoms with Crippen LogP contribution in [0, 0.1) is 5.92 Å². The molecule has 0 spiro atoms. The number of oxazole rings is 1. The van der Waals surface area contributed by atoms with Crippen LogP contribution in [0.3, 0.4) is 0 Å². The number of hydrogen-bond acceptors (Lipinski definition) is 4. The van der Waals surface area contributed by atoms with Crippen LogP contribution in [0.5, 0.6) is 0 Å². The van der Waals surface area contributed by atoms with Gasteiger partial charge in [-0.2, -0.15) is 4.98 Å². The molecule has 2 rings (SSSR count). The predicted molar refractivity (Wildman–Crippen MR) is 69.1 cm³/mol. The van der Waals surface area contributed by atoms with Crippen molar-refractivity contribution < 1.29 is 4.42 Å². The van der Waals surface area contributed by atoms with Crippen molar-refractivity contribution in [3.63, 3.8) is 0 Å². The highest BCUT2D eigenvalue weighted by Crippen LogP contribution is 2.21. The molecule has 1 N–H and O–H groups in total. The van der Waals surface area contributed by atoms with Gasteiger partial charge in [-0.25, -0.2) is 0 Å². The number of nitrogens with zero attached hydrogens (tertiary/aromatic N) is 2. The van der Waals surface area contributed by atoms with E-state index in [0.717, 1.165) is 43.8 Å². The molecule has 1 aliphatic heterocycles. The molecule has 96 valence electrons. The largest absolute Gasteiger partial charge is 0.432 e. The van der Waals surface area contributed by atoms with Gasteiger partial charge in [0.05, 0.1) is 5.69 Å². The highest BCUT2D eigenvalue weighted by Gasteiger charge is 2.17. The minimum atomic E-state index is 0.796. The highest BCUT2D eigenvalue weighted by atomic mass is 16.4.